The Morgan fingerprint density at radius 3 is 2.44 bits per heavy atom. The number of aryl methyl sites for hydroxylation is 2. The first-order valence-corrected chi connectivity index (χ1v) is 12.0. The summed E-state index contributed by atoms with van der Waals surface area (Å²) in [5, 5.41) is 15.2. The van der Waals surface area contributed by atoms with Crippen LogP contribution >= 0.6 is 15.9 Å². The summed E-state index contributed by atoms with van der Waals surface area (Å²) in [7, 11) is 0. The second-order valence-electron chi connectivity index (χ2n) is 7.92. The molecule has 3 aromatic carbocycles. The first-order valence-electron chi connectivity index (χ1n) is 11.2. The molecule has 0 aliphatic rings. The minimum absolute atomic E-state index is 0.119. The van der Waals surface area contributed by atoms with Crippen molar-refractivity contribution in [1.29, 1.82) is 5.26 Å². The standard InChI is InChI=1S/C28H26BrN3O4/c1-4-35-24-10-8-23(9-11-24)31-28(34)21(16-30)14-20-15-22(29)7-12-26(20)36-17-27(33)32-25-13-18(2)5-6-19(25)3/h5-15H,4,17H2,1-3H3,(H,31,34)(H,32,33)/b21-14+. The van der Waals surface area contributed by atoms with E-state index >= 15 is 0 Å². The molecule has 0 bridgehead atoms. The number of nitrogens with zero attached hydrogens (tertiary/aromatic N) is 1. The largest absolute Gasteiger partial charge is 0.494 e. The lowest BCUT2D eigenvalue weighted by Crippen LogP contribution is -2.21. The minimum atomic E-state index is -0.569. The molecule has 2 amide bonds. The average Bonchev–Trinajstić information content (AvgIpc) is 2.85. The maximum Gasteiger partial charge on any atom is 0.266 e. The van der Waals surface area contributed by atoms with E-state index in [1.165, 1.54) is 6.08 Å². The number of ether oxygens (including phenoxy) is 2. The maximum absolute atomic E-state index is 12.7. The van der Waals surface area contributed by atoms with E-state index < -0.39 is 5.91 Å². The van der Waals surface area contributed by atoms with E-state index in [0.717, 1.165) is 21.3 Å². The minimum Gasteiger partial charge on any atom is -0.494 e. The summed E-state index contributed by atoms with van der Waals surface area (Å²) in [6.45, 7) is 6.05. The van der Waals surface area contributed by atoms with Crippen molar-refractivity contribution in [2.75, 3.05) is 23.8 Å². The fourth-order valence-electron chi connectivity index (χ4n) is 3.27. The monoisotopic (exact) mass is 547 g/mol. The molecule has 0 saturated heterocycles. The predicted molar refractivity (Wildman–Crippen MR) is 144 cm³/mol. The highest BCUT2D eigenvalue weighted by Crippen LogP contribution is 2.26. The van der Waals surface area contributed by atoms with E-state index in [0.29, 0.717) is 29.4 Å². The number of rotatable bonds is 9. The molecule has 8 heteroatoms. The van der Waals surface area contributed by atoms with Crippen molar-refractivity contribution in [2.24, 2.45) is 0 Å². The van der Waals surface area contributed by atoms with Crippen molar-refractivity contribution in [3.8, 4) is 17.6 Å². The number of hydrogen-bond donors (Lipinski definition) is 2. The zero-order valence-electron chi connectivity index (χ0n) is 20.2. The highest BCUT2D eigenvalue weighted by Gasteiger charge is 2.13. The molecular formula is C28H26BrN3O4. The Balaban J connectivity index is 1.73. The van der Waals surface area contributed by atoms with Crippen LogP contribution in [0.15, 0.2) is 70.7 Å². The molecule has 3 aromatic rings. The van der Waals surface area contributed by atoms with Crippen molar-refractivity contribution in [3.63, 3.8) is 0 Å². The molecule has 0 heterocycles. The van der Waals surface area contributed by atoms with Gasteiger partial charge >= 0.3 is 0 Å². The Bertz CT molecular complexity index is 1330. The molecule has 0 spiro atoms. The van der Waals surface area contributed by atoms with Gasteiger partial charge < -0.3 is 20.1 Å². The molecule has 0 unspecified atom stereocenters. The highest BCUT2D eigenvalue weighted by atomic mass is 79.9. The van der Waals surface area contributed by atoms with Crippen LogP contribution in [0.5, 0.6) is 11.5 Å². The number of nitriles is 1. The summed E-state index contributed by atoms with van der Waals surface area (Å²) < 4.78 is 11.9. The topological polar surface area (TPSA) is 100 Å². The quantitative estimate of drug-likeness (QED) is 0.251. The van der Waals surface area contributed by atoms with Crippen LogP contribution in [-0.2, 0) is 9.59 Å². The Morgan fingerprint density at radius 2 is 1.75 bits per heavy atom. The second-order valence-corrected chi connectivity index (χ2v) is 8.83. The molecule has 2 N–H and O–H groups in total. The van der Waals surface area contributed by atoms with E-state index in [1.807, 2.05) is 45.0 Å². The Kier molecular flexibility index (Phi) is 9.25. The number of benzene rings is 3. The van der Waals surface area contributed by atoms with Gasteiger partial charge in [-0.05, 0) is 86.5 Å². The van der Waals surface area contributed by atoms with Gasteiger partial charge in [0.15, 0.2) is 6.61 Å². The molecule has 3 rings (SSSR count). The summed E-state index contributed by atoms with van der Waals surface area (Å²) in [6, 6.07) is 19.7. The Labute approximate surface area is 218 Å². The lowest BCUT2D eigenvalue weighted by atomic mass is 10.1. The van der Waals surface area contributed by atoms with Crippen molar-refractivity contribution in [2.45, 2.75) is 20.8 Å². The van der Waals surface area contributed by atoms with Crippen LogP contribution in [0, 0.1) is 25.2 Å². The van der Waals surface area contributed by atoms with Crippen LogP contribution in [0.1, 0.15) is 23.6 Å². The number of halogens is 1. The van der Waals surface area contributed by atoms with Gasteiger partial charge in [-0.25, -0.2) is 0 Å². The van der Waals surface area contributed by atoms with Crippen molar-refractivity contribution < 1.29 is 19.1 Å². The normalized spacial score (nSPS) is 10.8. The number of carbonyl (C=O) groups is 2. The van der Waals surface area contributed by atoms with Crippen LogP contribution in [0.25, 0.3) is 6.08 Å². The fourth-order valence-corrected chi connectivity index (χ4v) is 3.65. The number of hydrogen-bond acceptors (Lipinski definition) is 5. The van der Waals surface area contributed by atoms with Crippen LogP contribution in [0.4, 0.5) is 11.4 Å². The van der Waals surface area contributed by atoms with Gasteiger partial charge in [0.2, 0.25) is 0 Å². The zero-order chi connectivity index (χ0) is 26.1. The van der Waals surface area contributed by atoms with Crippen LogP contribution < -0.4 is 20.1 Å². The van der Waals surface area contributed by atoms with Crippen molar-refractivity contribution >= 4 is 45.2 Å². The molecule has 0 saturated carbocycles. The smallest absolute Gasteiger partial charge is 0.266 e. The molecular weight excluding hydrogens is 522 g/mol. The lowest BCUT2D eigenvalue weighted by molar-refractivity contribution is -0.118. The molecule has 0 aliphatic heterocycles. The first kappa shape index (κ1) is 26.5. The molecule has 36 heavy (non-hydrogen) atoms. The van der Waals surface area contributed by atoms with Gasteiger partial charge in [0, 0.05) is 21.4 Å². The van der Waals surface area contributed by atoms with Crippen LogP contribution in [0.3, 0.4) is 0 Å². The van der Waals surface area contributed by atoms with Gasteiger partial charge in [-0.2, -0.15) is 5.26 Å². The fraction of sp³-hybridized carbons (Fsp3) is 0.179. The summed E-state index contributed by atoms with van der Waals surface area (Å²) in [6.07, 6.45) is 1.42. The number of carbonyl (C=O) groups excluding carboxylic acids is 2. The van der Waals surface area contributed by atoms with Gasteiger partial charge in [0.25, 0.3) is 11.8 Å². The molecule has 0 fully saturated rings. The third-order valence-corrected chi connectivity index (χ3v) is 5.58. The zero-order valence-corrected chi connectivity index (χ0v) is 21.8. The number of anilines is 2. The van der Waals surface area contributed by atoms with E-state index in [9.17, 15) is 14.9 Å². The summed E-state index contributed by atoms with van der Waals surface area (Å²) >= 11 is 3.40. The number of nitrogens with one attached hydrogen (secondary N) is 2. The predicted octanol–water partition coefficient (Wildman–Crippen LogP) is 6.03. The third kappa shape index (κ3) is 7.45. The van der Waals surface area contributed by atoms with E-state index in [4.69, 9.17) is 9.47 Å². The second kappa shape index (κ2) is 12.6. The van der Waals surface area contributed by atoms with E-state index in [-0.39, 0.29) is 18.1 Å². The van der Waals surface area contributed by atoms with Crippen LogP contribution in [0.2, 0.25) is 0 Å². The summed E-state index contributed by atoms with van der Waals surface area (Å²) in [5.74, 6) is 0.149. The number of amides is 2. The molecule has 184 valence electrons. The molecule has 0 atom stereocenters. The summed E-state index contributed by atoms with van der Waals surface area (Å²) in [4.78, 5) is 25.2. The van der Waals surface area contributed by atoms with Gasteiger partial charge in [-0.3, -0.25) is 9.59 Å². The van der Waals surface area contributed by atoms with Gasteiger partial charge in [-0.15, -0.1) is 0 Å². The third-order valence-electron chi connectivity index (χ3n) is 5.09. The average molecular weight is 548 g/mol. The molecule has 0 aliphatic carbocycles. The maximum atomic E-state index is 12.7. The van der Waals surface area contributed by atoms with Gasteiger partial charge in [-0.1, -0.05) is 28.1 Å². The SMILES string of the molecule is CCOc1ccc(NC(=O)/C(C#N)=C/c2cc(Br)ccc2OCC(=O)Nc2cc(C)ccc2C)cc1. The molecule has 0 radical (unpaired) electrons. The highest BCUT2D eigenvalue weighted by molar-refractivity contribution is 9.10. The lowest BCUT2D eigenvalue weighted by Gasteiger charge is -2.12. The summed E-state index contributed by atoms with van der Waals surface area (Å²) in [5.41, 5.74) is 3.58. The van der Waals surface area contributed by atoms with E-state index in [2.05, 4.69) is 26.6 Å². The van der Waals surface area contributed by atoms with E-state index in [1.54, 1.807) is 42.5 Å². The molecule has 7 nitrogen and oxygen atoms in total. The van der Waals surface area contributed by atoms with Crippen LogP contribution in [-0.4, -0.2) is 25.0 Å². The first-order chi connectivity index (χ1) is 17.3. The Hall–Kier alpha value is -4.09. The van der Waals surface area contributed by atoms with Crippen molar-refractivity contribution in [3.05, 3.63) is 87.4 Å². The van der Waals surface area contributed by atoms with Crippen molar-refractivity contribution in [1.82, 2.24) is 0 Å². The Morgan fingerprint density at radius 1 is 1.00 bits per heavy atom. The molecule has 0 aromatic heterocycles. The van der Waals surface area contributed by atoms with Gasteiger partial charge in [0.05, 0.1) is 6.61 Å². The van der Waals surface area contributed by atoms with Gasteiger partial charge in [0.1, 0.15) is 23.1 Å².